The lowest BCUT2D eigenvalue weighted by molar-refractivity contribution is -0.107. The number of carbonyl (C=O) groups excluding carboxylic acids is 1. The predicted molar refractivity (Wildman–Crippen MR) is 99.9 cm³/mol. The Labute approximate surface area is 145 Å². The van der Waals surface area contributed by atoms with Gasteiger partial charge in [0.15, 0.2) is 0 Å². The molecule has 0 fully saturated rings. The molecule has 0 aromatic heterocycles. The van der Waals surface area contributed by atoms with E-state index in [0.717, 1.165) is 5.75 Å². The lowest BCUT2D eigenvalue weighted by Crippen LogP contribution is -1.89. The van der Waals surface area contributed by atoms with E-state index in [1.165, 1.54) is 38.1 Å². The van der Waals surface area contributed by atoms with E-state index in [0.29, 0.717) is 5.75 Å². The van der Waals surface area contributed by atoms with Gasteiger partial charge in [-0.2, -0.15) is 0 Å². The highest BCUT2D eigenvalue weighted by atomic mass is 32.2. The van der Waals surface area contributed by atoms with Gasteiger partial charge in [0.2, 0.25) is 5.12 Å². The molecular weight excluding hydrogens is 328 g/mol. The molecule has 0 bridgehead atoms. The maximum Gasteiger partial charge on any atom is 0.211 e. The average molecular weight is 347 g/mol. The van der Waals surface area contributed by atoms with Crippen LogP contribution in [0.2, 0.25) is 0 Å². The highest BCUT2D eigenvalue weighted by molar-refractivity contribution is 8.13. The first kappa shape index (κ1) is 17.3. The molecule has 0 aliphatic rings. The van der Waals surface area contributed by atoms with Crippen molar-refractivity contribution in [1.82, 2.24) is 0 Å². The topological polar surface area (TPSA) is 17.1 Å². The van der Waals surface area contributed by atoms with Crippen LogP contribution < -0.4 is 0 Å². The fourth-order valence-electron chi connectivity index (χ4n) is 1.83. The van der Waals surface area contributed by atoms with E-state index in [1.807, 2.05) is 23.9 Å². The monoisotopic (exact) mass is 346 g/mol. The summed E-state index contributed by atoms with van der Waals surface area (Å²) in [6.45, 7) is 5.67. The van der Waals surface area contributed by atoms with Crippen LogP contribution in [0.15, 0.2) is 75.9 Å². The van der Waals surface area contributed by atoms with Crippen molar-refractivity contribution in [2.45, 2.75) is 27.4 Å². The number of rotatable bonds is 7. The first-order chi connectivity index (χ1) is 10.7. The maximum atomic E-state index is 11.4. The molecule has 2 aromatic carbocycles. The van der Waals surface area contributed by atoms with Crippen molar-refractivity contribution in [1.29, 1.82) is 0 Å². The van der Waals surface area contributed by atoms with Gasteiger partial charge in [0.05, 0.1) is 0 Å². The van der Waals surface area contributed by atoms with Crippen molar-refractivity contribution in [3.05, 3.63) is 66.7 Å². The zero-order valence-corrected chi connectivity index (χ0v) is 14.9. The van der Waals surface area contributed by atoms with Gasteiger partial charge >= 0.3 is 0 Å². The molecule has 2 aromatic rings. The van der Waals surface area contributed by atoms with Gasteiger partial charge in [0.1, 0.15) is 0 Å². The van der Waals surface area contributed by atoms with Crippen LogP contribution in [-0.2, 0) is 10.5 Å². The fourth-order valence-corrected chi connectivity index (χ4v) is 4.19. The Kier molecular flexibility index (Phi) is 7.16. The largest absolute Gasteiger partial charge is 0.282 e. The van der Waals surface area contributed by atoms with Crippen LogP contribution in [-0.4, -0.2) is 10.9 Å². The third-order valence-electron chi connectivity index (χ3n) is 2.87. The Morgan fingerprint density at radius 1 is 1.09 bits per heavy atom. The molecule has 22 heavy (non-hydrogen) atoms. The molecule has 114 valence electrons. The summed E-state index contributed by atoms with van der Waals surface area (Å²) in [6, 6.07) is 16.9. The summed E-state index contributed by atoms with van der Waals surface area (Å²) >= 11 is 4.88. The van der Waals surface area contributed by atoms with E-state index >= 15 is 0 Å². The molecule has 2 rings (SSSR count). The lowest BCUT2D eigenvalue weighted by atomic mass is 10.2. The van der Waals surface area contributed by atoms with Gasteiger partial charge in [-0.05, 0) is 47.7 Å². The molecule has 0 saturated carbocycles. The van der Waals surface area contributed by atoms with E-state index in [4.69, 9.17) is 0 Å². The van der Waals surface area contributed by atoms with E-state index in [1.54, 1.807) is 11.8 Å². The summed E-state index contributed by atoms with van der Waals surface area (Å²) in [4.78, 5) is 15.1. The van der Waals surface area contributed by atoms with E-state index in [9.17, 15) is 4.79 Å². The van der Waals surface area contributed by atoms with Gasteiger partial charge in [-0.1, -0.05) is 55.2 Å². The van der Waals surface area contributed by atoms with Crippen molar-refractivity contribution in [3.8, 4) is 0 Å². The second-order valence-corrected chi connectivity index (χ2v) is 7.86. The molecule has 4 heteroatoms. The number of carbonyl (C=O) groups is 1. The molecule has 0 unspecified atom stereocenters. The molecule has 0 N–H and O–H groups in total. The molecular formula is C18H18OS3. The molecule has 0 saturated heterocycles. The van der Waals surface area contributed by atoms with Crippen molar-refractivity contribution < 1.29 is 4.79 Å². The Hall–Kier alpha value is -1.10. The van der Waals surface area contributed by atoms with Crippen LogP contribution in [0.5, 0.6) is 0 Å². The number of thioether (sulfide) groups is 2. The lowest BCUT2D eigenvalue weighted by Gasteiger charge is -2.08. The van der Waals surface area contributed by atoms with Gasteiger partial charge in [-0.15, -0.1) is 11.8 Å². The molecule has 1 nitrogen and oxygen atoms in total. The van der Waals surface area contributed by atoms with Crippen molar-refractivity contribution >= 4 is 40.4 Å². The Balaban J connectivity index is 2.08. The third-order valence-corrected chi connectivity index (χ3v) is 5.80. The van der Waals surface area contributed by atoms with Crippen molar-refractivity contribution in [2.24, 2.45) is 0 Å². The molecule has 0 amide bonds. The molecule has 0 atom stereocenters. The number of hydrogen-bond donors (Lipinski definition) is 0. The van der Waals surface area contributed by atoms with Gasteiger partial charge in [-0.3, -0.25) is 4.79 Å². The van der Waals surface area contributed by atoms with E-state index in [-0.39, 0.29) is 5.12 Å². The zero-order valence-electron chi connectivity index (χ0n) is 12.5. The summed E-state index contributed by atoms with van der Waals surface area (Å²) in [5.41, 5.74) is 1.18. The number of benzene rings is 2. The van der Waals surface area contributed by atoms with Crippen LogP contribution in [0.1, 0.15) is 12.5 Å². The molecule has 0 radical (unpaired) electrons. The number of hydrogen-bond acceptors (Lipinski definition) is 4. The minimum absolute atomic E-state index is 0.0146. The van der Waals surface area contributed by atoms with Crippen molar-refractivity contribution in [2.75, 3.05) is 5.75 Å². The van der Waals surface area contributed by atoms with Gasteiger partial charge in [0.25, 0.3) is 0 Å². The highest BCUT2D eigenvalue weighted by Gasteiger charge is 2.06. The van der Waals surface area contributed by atoms with Crippen LogP contribution in [0.25, 0.3) is 0 Å². The third kappa shape index (κ3) is 5.27. The summed E-state index contributed by atoms with van der Waals surface area (Å²) in [6.07, 6.45) is 1.37. The van der Waals surface area contributed by atoms with E-state index in [2.05, 4.69) is 49.9 Å². The summed E-state index contributed by atoms with van der Waals surface area (Å²) < 4.78 is 0. The van der Waals surface area contributed by atoms with Gasteiger partial charge in [-0.25, -0.2) is 0 Å². The minimum Gasteiger partial charge on any atom is -0.282 e. The smallest absolute Gasteiger partial charge is 0.211 e. The minimum atomic E-state index is 0.0146. The Morgan fingerprint density at radius 2 is 1.77 bits per heavy atom. The Morgan fingerprint density at radius 3 is 2.45 bits per heavy atom. The second kappa shape index (κ2) is 9.13. The van der Waals surface area contributed by atoms with Crippen LogP contribution in [0, 0.1) is 0 Å². The normalized spacial score (nSPS) is 10.4. The quantitative estimate of drug-likeness (QED) is 0.458. The summed E-state index contributed by atoms with van der Waals surface area (Å²) in [5, 5.41) is 0.0146. The fraction of sp³-hybridized carbons (Fsp3) is 0.167. The average Bonchev–Trinajstić information content (AvgIpc) is 2.56. The van der Waals surface area contributed by atoms with Gasteiger partial charge < -0.3 is 0 Å². The van der Waals surface area contributed by atoms with E-state index < -0.39 is 0 Å². The van der Waals surface area contributed by atoms with Crippen LogP contribution >= 0.6 is 35.3 Å². The standard InChI is InChI=1S/C18H18OS3/c1-3-18(19)21-13-14-7-5-6-8-17(14)22-16-11-9-15(10-12-16)20-4-2/h3,5-12H,1,4,13H2,2H3. The SMILES string of the molecule is C=CC(=O)SCc1ccccc1Sc1ccc(SCC)cc1. The molecule has 0 heterocycles. The summed E-state index contributed by atoms with van der Waals surface area (Å²) in [7, 11) is 0. The van der Waals surface area contributed by atoms with Crippen LogP contribution in [0.4, 0.5) is 0 Å². The molecule has 0 aliphatic heterocycles. The molecule has 0 aliphatic carbocycles. The first-order valence-corrected chi connectivity index (χ1v) is 9.79. The van der Waals surface area contributed by atoms with Gasteiger partial charge in [0, 0.05) is 20.4 Å². The first-order valence-electron chi connectivity index (χ1n) is 7.00. The zero-order chi connectivity index (χ0) is 15.8. The molecule has 0 spiro atoms. The highest BCUT2D eigenvalue weighted by Crippen LogP contribution is 2.33. The predicted octanol–water partition coefficient (Wildman–Crippen LogP) is 5.90. The second-order valence-electron chi connectivity index (χ2n) is 4.43. The summed E-state index contributed by atoms with van der Waals surface area (Å²) in [5.74, 6) is 1.77. The van der Waals surface area contributed by atoms with Crippen molar-refractivity contribution in [3.63, 3.8) is 0 Å². The Bertz CT molecular complexity index is 635. The maximum absolute atomic E-state index is 11.4. The van der Waals surface area contributed by atoms with Crippen LogP contribution in [0.3, 0.4) is 0 Å².